The molecule has 2 nitrogen and oxygen atoms in total. The Kier molecular flexibility index (Phi) is 4.41. The third-order valence-electron chi connectivity index (χ3n) is 4.40. The fourth-order valence-corrected chi connectivity index (χ4v) is 3.18. The second-order valence-electron chi connectivity index (χ2n) is 5.51. The fourth-order valence-electron chi connectivity index (χ4n) is 3.18. The van der Waals surface area contributed by atoms with Gasteiger partial charge in [0.05, 0.1) is 5.60 Å². The Labute approximate surface area is 111 Å². The van der Waals surface area contributed by atoms with Crippen LogP contribution in [0.25, 0.3) is 0 Å². The number of methoxy groups -OCH3 is 1. The molecule has 1 saturated carbocycles. The maximum atomic E-state index is 5.89. The Morgan fingerprint density at radius 3 is 2.33 bits per heavy atom. The van der Waals surface area contributed by atoms with E-state index < -0.39 is 0 Å². The molecule has 0 heterocycles. The summed E-state index contributed by atoms with van der Waals surface area (Å²) in [4.78, 5) is 0. The molecule has 1 aliphatic carbocycles. The number of nitrogens with one attached hydrogen (secondary N) is 1. The fraction of sp³-hybridized carbons (Fsp3) is 0.625. The molecule has 1 unspecified atom stereocenters. The van der Waals surface area contributed by atoms with Crippen molar-refractivity contribution < 1.29 is 4.74 Å². The predicted molar refractivity (Wildman–Crippen MR) is 75.9 cm³/mol. The number of likely N-dealkylation sites (N-methyl/N-ethyl adjacent to an activating group) is 1. The quantitative estimate of drug-likeness (QED) is 0.863. The average molecular weight is 247 g/mol. The molecular weight excluding hydrogens is 222 g/mol. The molecule has 0 amide bonds. The Morgan fingerprint density at radius 2 is 1.83 bits per heavy atom. The molecule has 18 heavy (non-hydrogen) atoms. The first-order valence-electron chi connectivity index (χ1n) is 6.98. The van der Waals surface area contributed by atoms with Gasteiger partial charge in [0, 0.05) is 13.2 Å². The molecule has 1 aliphatic rings. The molecule has 1 atom stereocenters. The van der Waals surface area contributed by atoms with Gasteiger partial charge in [-0.15, -0.1) is 0 Å². The van der Waals surface area contributed by atoms with E-state index in [2.05, 4.69) is 43.6 Å². The molecule has 1 aromatic carbocycles. The Hall–Kier alpha value is -0.860. The van der Waals surface area contributed by atoms with Crippen LogP contribution in [0.2, 0.25) is 0 Å². The van der Waals surface area contributed by atoms with E-state index in [1.807, 2.05) is 7.11 Å². The van der Waals surface area contributed by atoms with Crippen molar-refractivity contribution in [2.75, 3.05) is 14.2 Å². The molecule has 1 aromatic rings. The normalized spacial score (nSPS) is 19.9. The first kappa shape index (κ1) is 13.6. The number of rotatable bonds is 5. The SMILES string of the molecule is CNC(Cc1ccc(C)cc1)C1(OC)CCCC1. The zero-order chi connectivity index (χ0) is 13.0. The van der Waals surface area contributed by atoms with E-state index >= 15 is 0 Å². The Morgan fingerprint density at radius 1 is 1.22 bits per heavy atom. The molecular formula is C16H25NO. The maximum absolute atomic E-state index is 5.89. The van der Waals surface area contributed by atoms with Crippen molar-refractivity contribution in [3.63, 3.8) is 0 Å². The van der Waals surface area contributed by atoms with Crippen LogP contribution >= 0.6 is 0 Å². The van der Waals surface area contributed by atoms with E-state index in [-0.39, 0.29) is 5.60 Å². The second kappa shape index (κ2) is 5.85. The largest absolute Gasteiger partial charge is 0.377 e. The first-order chi connectivity index (χ1) is 8.70. The molecule has 0 bridgehead atoms. The first-order valence-corrected chi connectivity index (χ1v) is 6.98. The lowest BCUT2D eigenvalue weighted by Gasteiger charge is -2.36. The minimum atomic E-state index is 0.0413. The molecule has 1 N–H and O–H groups in total. The number of hydrogen-bond donors (Lipinski definition) is 1. The Balaban J connectivity index is 2.11. The van der Waals surface area contributed by atoms with Gasteiger partial charge >= 0.3 is 0 Å². The van der Waals surface area contributed by atoms with Gasteiger partial charge in [0.1, 0.15) is 0 Å². The lowest BCUT2D eigenvalue weighted by molar-refractivity contribution is -0.0336. The molecule has 2 rings (SSSR count). The van der Waals surface area contributed by atoms with Gasteiger partial charge in [-0.1, -0.05) is 42.7 Å². The molecule has 0 radical (unpaired) electrons. The molecule has 0 saturated heterocycles. The van der Waals surface area contributed by atoms with Crippen molar-refractivity contribution in [2.45, 2.75) is 50.7 Å². The van der Waals surface area contributed by atoms with Crippen LogP contribution in [0.5, 0.6) is 0 Å². The smallest absolute Gasteiger partial charge is 0.0834 e. The maximum Gasteiger partial charge on any atom is 0.0834 e. The van der Waals surface area contributed by atoms with E-state index in [0.717, 1.165) is 6.42 Å². The third-order valence-corrected chi connectivity index (χ3v) is 4.40. The summed E-state index contributed by atoms with van der Waals surface area (Å²) < 4.78 is 5.89. The standard InChI is InChI=1S/C16H25NO/c1-13-6-8-14(9-7-13)12-15(17-2)16(18-3)10-4-5-11-16/h6-9,15,17H,4-5,10-12H2,1-3H3. The minimum Gasteiger partial charge on any atom is -0.377 e. The summed E-state index contributed by atoms with van der Waals surface area (Å²) >= 11 is 0. The average Bonchev–Trinajstić information content (AvgIpc) is 2.88. The summed E-state index contributed by atoms with van der Waals surface area (Å²) in [6.07, 6.45) is 5.99. The second-order valence-corrected chi connectivity index (χ2v) is 5.51. The van der Waals surface area contributed by atoms with Gasteiger partial charge in [-0.3, -0.25) is 0 Å². The van der Waals surface area contributed by atoms with Crippen molar-refractivity contribution in [1.29, 1.82) is 0 Å². The summed E-state index contributed by atoms with van der Waals surface area (Å²) in [7, 11) is 3.92. The number of ether oxygens (including phenoxy) is 1. The van der Waals surface area contributed by atoms with Crippen molar-refractivity contribution in [2.24, 2.45) is 0 Å². The van der Waals surface area contributed by atoms with Crippen LogP contribution in [0, 0.1) is 6.92 Å². The molecule has 2 heteroatoms. The van der Waals surface area contributed by atoms with Crippen molar-refractivity contribution >= 4 is 0 Å². The van der Waals surface area contributed by atoms with E-state index in [4.69, 9.17) is 4.74 Å². The topological polar surface area (TPSA) is 21.3 Å². The van der Waals surface area contributed by atoms with Gasteiger partial charge in [-0.05, 0) is 38.8 Å². The van der Waals surface area contributed by atoms with Crippen LogP contribution in [-0.4, -0.2) is 25.8 Å². The van der Waals surface area contributed by atoms with Gasteiger partial charge in [0.2, 0.25) is 0 Å². The molecule has 1 fully saturated rings. The highest BCUT2D eigenvalue weighted by atomic mass is 16.5. The van der Waals surface area contributed by atoms with Gasteiger partial charge in [-0.2, -0.15) is 0 Å². The molecule has 0 aliphatic heterocycles. The van der Waals surface area contributed by atoms with Crippen LogP contribution in [0.4, 0.5) is 0 Å². The number of hydrogen-bond acceptors (Lipinski definition) is 2. The van der Waals surface area contributed by atoms with Crippen LogP contribution in [0.3, 0.4) is 0 Å². The van der Waals surface area contributed by atoms with Crippen LogP contribution in [-0.2, 0) is 11.2 Å². The number of benzene rings is 1. The monoisotopic (exact) mass is 247 g/mol. The summed E-state index contributed by atoms with van der Waals surface area (Å²) in [5, 5.41) is 3.47. The van der Waals surface area contributed by atoms with E-state index in [1.54, 1.807) is 0 Å². The van der Waals surface area contributed by atoms with Crippen LogP contribution in [0.1, 0.15) is 36.8 Å². The highest BCUT2D eigenvalue weighted by Crippen LogP contribution is 2.36. The zero-order valence-corrected chi connectivity index (χ0v) is 11.8. The minimum absolute atomic E-state index is 0.0413. The van der Waals surface area contributed by atoms with Crippen molar-refractivity contribution in [3.8, 4) is 0 Å². The lowest BCUT2D eigenvalue weighted by atomic mass is 9.87. The van der Waals surface area contributed by atoms with Gasteiger partial charge in [0.15, 0.2) is 0 Å². The highest BCUT2D eigenvalue weighted by molar-refractivity contribution is 5.23. The van der Waals surface area contributed by atoms with E-state index in [0.29, 0.717) is 6.04 Å². The van der Waals surface area contributed by atoms with Crippen molar-refractivity contribution in [3.05, 3.63) is 35.4 Å². The predicted octanol–water partition coefficient (Wildman–Crippen LogP) is 3.08. The zero-order valence-electron chi connectivity index (χ0n) is 11.8. The molecule has 0 spiro atoms. The van der Waals surface area contributed by atoms with Crippen LogP contribution in [0.15, 0.2) is 24.3 Å². The van der Waals surface area contributed by atoms with Gasteiger partial charge in [-0.25, -0.2) is 0 Å². The summed E-state index contributed by atoms with van der Waals surface area (Å²) in [5.41, 5.74) is 2.75. The van der Waals surface area contributed by atoms with Crippen molar-refractivity contribution in [1.82, 2.24) is 5.32 Å². The highest BCUT2D eigenvalue weighted by Gasteiger charge is 2.40. The summed E-state index contributed by atoms with van der Waals surface area (Å²) in [6.45, 7) is 2.13. The lowest BCUT2D eigenvalue weighted by Crippen LogP contribution is -2.50. The molecule has 0 aromatic heterocycles. The van der Waals surface area contributed by atoms with E-state index in [9.17, 15) is 0 Å². The van der Waals surface area contributed by atoms with Gasteiger partial charge in [0.25, 0.3) is 0 Å². The number of aryl methyl sites for hydroxylation is 1. The van der Waals surface area contributed by atoms with Crippen LogP contribution < -0.4 is 5.32 Å². The third kappa shape index (κ3) is 2.76. The van der Waals surface area contributed by atoms with Gasteiger partial charge < -0.3 is 10.1 Å². The Bertz CT molecular complexity index is 365. The summed E-state index contributed by atoms with van der Waals surface area (Å²) in [5.74, 6) is 0. The van der Waals surface area contributed by atoms with E-state index in [1.165, 1.54) is 36.8 Å². The summed E-state index contributed by atoms with van der Waals surface area (Å²) in [6, 6.07) is 9.26. The molecule has 100 valence electrons.